The van der Waals surface area contributed by atoms with Crippen molar-refractivity contribution < 1.29 is 0 Å². The lowest BCUT2D eigenvalue weighted by Gasteiger charge is -2.37. The summed E-state index contributed by atoms with van der Waals surface area (Å²) >= 11 is 0. The fourth-order valence-electron chi connectivity index (χ4n) is 2.20. The molecule has 0 aromatic rings. The number of rotatable bonds is 5. The molecule has 0 aromatic carbocycles. The molecule has 0 nitrogen and oxygen atoms in total. The highest BCUT2D eigenvalue weighted by molar-refractivity contribution is 6.76. The topological polar surface area (TPSA) is 0 Å². The minimum Gasteiger partial charge on any atom is -0.0695 e. The van der Waals surface area contributed by atoms with Gasteiger partial charge in [0, 0.05) is 8.07 Å². The van der Waals surface area contributed by atoms with E-state index in [4.69, 9.17) is 0 Å². The summed E-state index contributed by atoms with van der Waals surface area (Å²) in [5.74, 6) is 2.59. The van der Waals surface area contributed by atoms with Crippen molar-refractivity contribution >= 4 is 8.07 Å². The molecule has 2 atom stereocenters. The maximum Gasteiger partial charge on any atom is 0.0445 e. The van der Waals surface area contributed by atoms with Crippen molar-refractivity contribution in [1.82, 2.24) is 0 Å². The van der Waals surface area contributed by atoms with Crippen molar-refractivity contribution in [2.24, 2.45) is 23.2 Å². The fraction of sp³-hybridized carbons (Fsp3) is 1.00. The smallest absolute Gasteiger partial charge is 0.0445 e. The van der Waals surface area contributed by atoms with Crippen molar-refractivity contribution in [3.8, 4) is 0 Å². The SMILES string of the molecule is CC(C)C(C)CC(C[Si](C)(C)C)C(C)(C)C. The Morgan fingerprint density at radius 1 is 0.938 bits per heavy atom. The molecule has 98 valence electrons. The summed E-state index contributed by atoms with van der Waals surface area (Å²) < 4.78 is 0. The van der Waals surface area contributed by atoms with Crippen LogP contribution in [0.1, 0.15) is 48.0 Å². The summed E-state index contributed by atoms with van der Waals surface area (Å²) in [6, 6.07) is 1.48. The highest BCUT2D eigenvalue weighted by Crippen LogP contribution is 2.38. The third kappa shape index (κ3) is 6.73. The number of hydrogen-bond acceptors (Lipinski definition) is 0. The van der Waals surface area contributed by atoms with Gasteiger partial charge in [0.1, 0.15) is 0 Å². The van der Waals surface area contributed by atoms with E-state index in [1.807, 2.05) is 0 Å². The van der Waals surface area contributed by atoms with Crippen molar-refractivity contribution in [3.05, 3.63) is 0 Å². The third-order valence-electron chi connectivity index (χ3n) is 3.88. The van der Waals surface area contributed by atoms with Crippen LogP contribution in [0.2, 0.25) is 25.7 Å². The molecule has 0 aliphatic heterocycles. The molecule has 0 heterocycles. The van der Waals surface area contributed by atoms with Gasteiger partial charge in [0.25, 0.3) is 0 Å². The molecule has 0 fully saturated rings. The molecular weight excluding hydrogens is 208 g/mol. The summed E-state index contributed by atoms with van der Waals surface area (Å²) in [4.78, 5) is 0. The maximum absolute atomic E-state index is 2.51. The van der Waals surface area contributed by atoms with Gasteiger partial charge in [-0.25, -0.2) is 0 Å². The molecule has 0 aliphatic carbocycles. The molecule has 0 amide bonds. The van der Waals surface area contributed by atoms with Crippen molar-refractivity contribution in [2.75, 3.05) is 0 Å². The zero-order valence-corrected chi connectivity index (χ0v) is 14.1. The van der Waals surface area contributed by atoms with Crippen molar-refractivity contribution in [1.29, 1.82) is 0 Å². The highest BCUT2D eigenvalue weighted by Gasteiger charge is 2.31. The Bertz CT molecular complexity index is 192. The summed E-state index contributed by atoms with van der Waals surface area (Å²) in [5, 5.41) is 0. The third-order valence-corrected chi connectivity index (χ3v) is 5.60. The molecule has 1 heteroatoms. The highest BCUT2D eigenvalue weighted by atomic mass is 28.3. The quantitative estimate of drug-likeness (QED) is 0.545. The van der Waals surface area contributed by atoms with E-state index in [1.54, 1.807) is 0 Å². The molecular formula is C15H34Si. The molecule has 0 N–H and O–H groups in total. The van der Waals surface area contributed by atoms with Gasteiger partial charge in [-0.2, -0.15) is 0 Å². The van der Waals surface area contributed by atoms with Crippen molar-refractivity contribution in [3.63, 3.8) is 0 Å². The maximum atomic E-state index is 2.51. The zero-order valence-electron chi connectivity index (χ0n) is 13.1. The van der Waals surface area contributed by atoms with E-state index < -0.39 is 8.07 Å². The Balaban J connectivity index is 4.58. The Kier molecular flexibility index (Phi) is 5.78. The van der Waals surface area contributed by atoms with E-state index in [1.165, 1.54) is 12.5 Å². The lowest BCUT2D eigenvalue weighted by atomic mass is 9.75. The van der Waals surface area contributed by atoms with E-state index in [0.29, 0.717) is 5.41 Å². The van der Waals surface area contributed by atoms with Crippen molar-refractivity contribution in [2.45, 2.75) is 73.6 Å². The van der Waals surface area contributed by atoms with E-state index in [-0.39, 0.29) is 0 Å². The van der Waals surface area contributed by atoms with Crippen LogP contribution < -0.4 is 0 Å². The summed E-state index contributed by atoms with van der Waals surface area (Å²) in [6.07, 6.45) is 1.41. The first-order chi connectivity index (χ1) is 6.93. The van der Waals surface area contributed by atoms with Gasteiger partial charge in [0.2, 0.25) is 0 Å². The largest absolute Gasteiger partial charge is 0.0695 e. The molecule has 0 saturated carbocycles. The minimum atomic E-state index is -0.932. The average molecular weight is 243 g/mol. The van der Waals surface area contributed by atoms with Crippen LogP contribution in [0, 0.1) is 23.2 Å². The van der Waals surface area contributed by atoms with Gasteiger partial charge >= 0.3 is 0 Å². The van der Waals surface area contributed by atoms with Gasteiger partial charge in [0.05, 0.1) is 0 Å². The van der Waals surface area contributed by atoms with Crippen LogP contribution in [0.25, 0.3) is 0 Å². The van der Waals surface area contributed by atoms with Gasteiger partial charge in [-0.3, -0.25) is 0 Å². The van der Waals surface area contributed by atoms with Gasteiger partial charge < -0.3 is 0 Å². The molecule has 0 rings (SSSR count). The Hall–Kier alpha value is 0.217. The van der Waals surface area contributed by atoms with Crippen LogP contribution in [0.3, 0.4) is 0 Å². The Morgan fingerprint density at radius 2 is 1.38 bits per heavy atom. The second-order valence-corrected chi connectivity index (χ2v) is 13.8. The number of hydrogen-bond donors (Lipinski definition) is 0. The standard InChI is InChI=1S/C15H34Si/c1-12(2)13(3)10-14(15(4,5)6)11-16(7,8)9/h12-14H,10-11H2,1-9H3. The first kappa shape index (κ1) is 16.2. The lowest BCUT2D eigenvalue weighted by Crippen LogP contribution is -2.32. The molecule has 16 heavy (non-hydrogen) atoms. The minimum absolute atomic E-state index is 0.476. The predicted octanol–water partition coefficient (Wildman–Crippen LogP) is 5.67. The Morgan fingerprint density at radius 3 is 1.62 bits per heavy atom. The first-order valence-electron chi connectivity index (χ1n) is 6.93. The second kappa shape index (κ2) is 5.71. The average Bonchev–Trinajstić information content (AvgIpc) is 1.98. The van der Waals surface area contributed by atoms with Crippen LogP contribution in [0.4, 0.5) is 0 Å². The van der Waals surface area contributed by atoms with Gasteiger partial charge in [0.15, 0.2) is 0 Å². The van der Waals surface area contributed by atoms with E-state index in [9.17, 15) is 0 Å². The second-order valence-electron chi connectivity index (χ2n) is 8.28. The molecule has 0 bridgehead atoms. The van der Waals surface area contributed by atoms with Gasteiger partial charge in [-0.15, -0.1) is 0 Å². The molecule has 0 saturated heterocycles. The molecule has 0 aliphatic rings. The van der Waals surface area contributed by atoms with Crippen LogP contribution in [0.5, 0.6) is 0 Å². The van der Waals surface area contributed by atoms with Gasteiger partial charge in [-0.1, -0.05) is 67.2 Å². The fourth-order valence-corrected chi connectivity index (χ4v) is 4.46. The zero-order chi connectivity index (χ0) is 13.1. The summed E-state index contributed by atoms with van der Waals surface area (Å²) in [7, 11) is -0.932. The van der Waals surface area contributed by atoms with Crippen LogP contribution in [0.15, 0.2) is 0 Å². The molecule has 2 unspecified atom stereocenters. The summed E-state index contributed by atoms with van der Waals surface area (Å²) in [6.45, 7) is 21.9. The van der Waals surface area contributed by atoms with E-state index in [0.717, 1.165) is 17.8 Å². The lowest BCUT2D eigenvalue weighted by molar-refractivity contribution is 0.198. The van der Waals surface area contributed by atoms with E-state index >= 15 is 0 Å². The van der Waals surface area contributed by atoms with Gasteiger partial charge in [-0.05, 0) is 29.6 Å². The molecule has 0 radical (unpaired) electrons. The Labute approximate surface area is 105 Å². The molecule has 0 aromatic heterocycles. The normalized spacial score (nSPS) is 17.6. The first-order valence-corrected chi connectivity index (χ1v) is 10.6. The van der Waals surface area contributed by atoms with Crippen LogP contribution in [-0.2, 0) is 0 Å². The monoisotopic (exact) mass is 242 g/mol. The van der Waals surface area contributed by atoms with Crippen LogP contribution in [-0.4, -0.2) is 8.07 Å². The summed E-state index contributed by atoms with van der Waals surface area (Å²) in [5.41, 5.74) is 0.476. The van der Waals surface area contributed by atoms with E-state index in [2.05, 4.69) is 61.2 Å². The predicted molar refractivity (Wildman–Crippen MR) is 79.7 cm³/mol. The van der Waals surface area contributed by atoms with Crippen LogP contribution >= 0.6 is 0 Å². The molecule has 0 spiro atoms.